The maximum atomic E-state index is 6.06. The Bertz CT molecular complexity index is 1210. The number of aromatic nitrogens is 2. The summed E-state index contributed by atoms with van der Waals surface area (Å²) < 4.78 is 0. The molecule has 9 heteroatoms. The SMILES string of the molecule is Cc1ccc(NC(=S)/N=C(/Nc2nc(C)cc(C)n2)N2CCN(c3ccc(Cl)cc3)CC2)c(C)c1. The van der Waals surface area contributed by atoms with Crippen LogP contribution in [0.5, 0.6) is 0 Å². The Morgan fingerprint density at radius 1 is 0.886 bits per heavy atom. The van der Waals surface area contributed by atoms with E-state index >= 15 is 0 Å². The van der Waals surface area contributed by atoms with Crippen molar-refractivity contribution in [1.82, 2.24) is 14.9 Å². The molecule has 7 nitrogen and oxygen atoms in total. The highest BCUT2D eigenvalue weighted by atomic mass is 35.5. The van der Waals surface area contributed by atoms with Gasteiger partial charge in [-0.05, 0) is 81.9 Å². The molecule has 4 rings (SSSR count). The number of halogens is 1. The quantitative estimate of drug-likeness (QED) is 0.281. The molecule has 0 unspecified atom stereocenters. The van der Waals surface area contributed by atoms with Gasteiger partial charge in [-0.3, -0.25) is 5.32 Å². The van der Waals surface area contributed by atoms with E-state index in [1.165, 1.54) is 5.56 Å². The van der Waals surface area contributed by atoms with E-state index in [1.54, 1.807) is 0 Å². The highest BCUT2D eigenvalue weighted by Crippen LogP contribution is 2.20. The van der Waals surface area contributed by atoms with Crippen LogP contribution < -0.4 is 15.5 Å². The third-order valence-electron chi connectivity index (χ3n) is 5.81. The summed E-state index contributed by atoms with van der Waals surface area (Å²) in [4.78, 5) is 18.4. The number of hydrogen-bond acceptors (Lipinski definition) is 4. The highest BCUT2D eigenvalue weighted by molar-refractivity contribution is 7.80. The van der Waals surface area contributed by atoms with Crippen molar-refractivity contribution in [2.75, 3.05) is 41.7 Å². The molecule has 2 N–H and O–H groups in total. The van der Waals surface area contributed by atoms with Crippen molar-refractivity contribution in [1.29, 1.82) is 0 Å². The monoisotopic (exact) mass is 507 g/mol. The number of aryl methyl sites for hydroxylation is 4. The average molecular weight is 508 g/mol. The molecule has 1 fully saturated rings. The molecule has 1 aliphatic rings. The minimum absolute atomic E-state index is 0.379. The van der Waals surface area contributed by atoms with Gasteiger partial charge in [0.15, 0.2) is 0 Å². The number of thiocarbonyl (C=S) groups is 1. The van der Waals surface area contributed by atoms with Crippen molar-refractivity contribution in [3.63, 3.8) is 0 Å². The molecule has 1 saturated heterocycles. The second kappa shape index (κ2) is 11.0. The van der Waals surface area contributed by atoms with Crippen molar-refractivity contribution < 1.29 is 0 Å². The van der Waals surface area contributed by atoms with E-state index in [4.69, 9.17) is 28.8 Å². The zero-order valence-electron chi connectivity index (χ0n) is 20.5. The predicted molar refractivity (Wildman–Crippen MR) is 150 cm³/mol. The van der Waals surface area contributed by atoms with Gasteiger partial charge in [-0.25, -0.2) is 9.97 Å². The van der Waals surface area contributed by atoms with Gasteiger partial charge in [-0.15, -0.1) is 0 Å². The van der Waals surface area contributed by atoms with Crippen LogP contribution in [0.25, 0.3) is 0 Å². The first kappa shape index (κ1) is 24.9. The van der Waals surface area contributed by atoms with E-state index in [9.17, 15) is 0 Å². The Hall–Kier alpha value is -3.23. The minimum Gasteiger partial charge on any atom is -0.368 e. The number of aliphatic imine (C=N–C) groups is 1. The van der Waals surface area contributed by atoms with Crippen LogP contribution >= 0.6 is 23.8 Å². The summed E-state index contributed by atoms with van der Waals surface area (Å²) in [6.07, 6.45) is 0. The van der Waals surface area contributed by atoms with Crippen LogP contribution in [0.2, 0.25) is 5.02 Å². The maximum Gasteiger partial charge on any atom is 0.229 e. The number of anilines is 3. The van der Waals surface area contributed by atoms with Gasteiger partial charge in [0.1, 0.15) is 0 Å². The minimum atomic E-state index is 0.379. The van der Waals surface area contributed by atoms with Gasteiger partial charge in [-0.2, -0.15) is 4.99 Å². The van der Waals surface area contributed by atoms with Gasteiger partial charge in [0, 0.05) is 54.0 Å². The zero-order chi connectivity index (χ0) is 24.9. The number of benzene rings is 2. The van der Waals surface area contributed by atoms with Crippen molar-refractivity contribution >= 4 is 52.2 Å². The molecular formula is C26H30ClN7S. The molecule has 1 aliphatic heterocycles. The Balaban J connectivity index is 1.54. The third-order valence-corrected chi connectivity index (χ3v) is 6.25. The molecule has 0 saturated carbocycles. The van der Waals surface area contributed by atoms with Crippen LogP contribution in [0, 0.1) is 27.7 Å². The summed E-state index contributed by atoms with van der Waals surface area (Å²) in [5.41, 5.74) is 6.21. The van der Waals surface area contributed by atoms with Gasteiger partial charge in [0.05, 0.1) is 0 Å². The fourth-order valence-electron chi connectivity index (χ4n) is 4.08. The molecule has 0 radical (unpaired) electrons. The molecule has 35 heavy (non-hydrogen) atoms. The van der Waals surface area contributed by atoms with E-state index in [0.717, 1.165) is 59.5 Å². The smallest absolute Gasteiger partial charge is 0.229 e. The molecule has 0 atom stereocenters. The van der Waals surface area contributed by atoms with Crippen molar-refractivity contribution in [3.8, 4) is 0 Å². The number of guanidine groups is 1. The molecule has 3 aromatic rings. The standard InChI is InChI=1S/C26H30ClN7S/c1-17-5-10-23(18(2)15-17)30-26(35)32-25(31-24-28-19(3)16-20(4)29-24)34-13-11-33(12-14-34)22-8-6-21(27)7-9-22/h5-10,15-16H,11-14H2,1-4H3,(H2,28,29,30,31,32,35). The molecule has 1 aromatic heterocycles. The van der Waals surface area contributed by atoms with E-state index in [-0.39, 0.29) is 0 Å². The molecule has 0 bridgehead atoms. The Morgan fingerprint density at radius 2 is 1.54 bits per heavy atom. The zero-order valence-corrected chi connectivity index (χ0v) is 22.0. The average Bonchev–Trinajstić information content (AvgIpc) is 2.80. The van der Waals surface area contributed by atoms with Crippen molar-refractivity contribution in [2.24, 2.45) is 4.99 Å². The van der Waals surface area contributed by atoms with Crippen LogP contribution in [-0.2, 0) is 0 Å². The summed E-state index contributed by atoms with van der Waals surface area (Å²) in [6, 6.07) is 16.1. The van der Waals surface area contributed by atoms with Crippen LogP contribution in [0.3, 0.4) is 0 Å². The van der Waals surface area contributed by atoms with Gasteiger partial charge < -0.3 is 15.1 Å². The van der Waals surface area contributed by atoms with Gasteiger partial charge in [0.2, 0.25) is 17.0 Å². The van der Waals surface area contributed by atoms with Crippen LogP contribution in [0.4, 0.5) is 17.3 Å². The Morgan fingerprint density at radius 3 is 2.17 bits per heavy atom. The second-order valence-electron chi connectivity index (χ2n) is 8.73. The van der Waals surface area contributed by atoms with Crippen molar-refractivity contribution in [3.05, 3.63) is 76.1 Å². The molecule has 182 valence electrons. The number of piperazine rings is 1. The lowest BCUT2D eigenvalue weighted by atomic mass is 10.1. The number of nitrogens with one attached hydrogen (secondary N) is 2. The van der Waals surface area contributed by atoms with E-state index in [0.29, 0.717) is 17.0 Å². The molecule has 2 heterocycles. The van der Waals surface area contributed by atoms with Gasteiger partial charge >= 0.3 is 0 Å². The van der Waals surface area contributed by atoms with Gasteiger partial charge in [0.25, 0.3) is 0 Å². The molecule has 2 aromatic carbocycles. The lowest BCUT2D eigenvalue weighted by Gasteiger charge is -2.37. The van der Waals surface area contributed by atoms with Crippen LogP contribution in [0.15, 0.2) is 53.5 Å². The van der Waals surface area contributed by atoms with Crippen LogP contribution in [0.1, 0.15) is 22.5 Å². The normalized spacial score (nSPS) is 14.1. The second-order valence-corrected chi connectivity index (χ2v) is 9.56. The third kappa shape index (κ3) is 6.68. The Labute approximate surface area is 217 Å². The highest BCUT2D eigenvalue weighted by Gasteiger charge is 2.22. The summed E-state index contributed by atoms with van der Waals surface area (Å²) in [7, 11) is 0. The number of rotatable bonds is 3. The summed E-state index contributed by atoms with van der Waals surface area (Å²) in [5, 5.41) is 7.71. The summed E-state index contributed by atoms with van der Waals surface area (Å²) >= 11 is 11.7. The first-order valence-corrected chi connectivity index (χ1v) is 12.4. The summed E-state index contributed by atoms with van der Waals surface area (Å²) in [6.45, 7) is 11.3. The Kier molecular flexibility index (Phi) is 7.83. The largest absolute Gasteiger partial charge is 0.368 e. The molecule has 0 spiro atoms. The maximum absolute atomic E-state index is 6.06. The fourth-order valence-corrected chi connectivity index (χ4v) is 4.40. The summed E-state index contributed by atoms with van der Waals surface area (Å²) in [5.74, 6) is 1.14. The van der Waals surface area contributed by atoms with Crippen molar-refractivity contribution in [2.45, 2.75) is 27.7 Å². The fraction of sp³-hybridized carbons (Fsp3) is 0.308. The lowest BCUT2D eigenvalue weighted by molar-refractivity contribution is 0.385. The lowest BCUT2D eigenvalue weighted by Crippen LogP contribution is -2.51. The van der Waals surface area contributed by atoms with Crippen LogP contribution in [-0.4, -0.2) is 52.1 Å². The molecular weight excluding hydrogens is 478 g/mol. The topological polar surface area (TPSA) is 68.7 Å². The first-order chi connectivity index (χ1) is 16.8. The molecule has 0 amide bonds. The predicted octanol–water partition coefficient (Wildman–Crippen LogP) is 5.35. The molecule has 0 aliphatic carbocycles. The van der Waals surface area contributed by atoms with E-state index in [1.807, 2.05) is 38.1 Å². The van der Waals surface area contributed by atoms with E-state index in [2.05, 4.69) is 68.5 Å². The number of nitrogens with zero attached hydrogens (tertiary/aromatic N) is 5. The van der Waals surface area contributed by atoms with E-state index < -0.39 is 0 Å². The number of hydrogen-bond donors (Lipinski definition) is 2. The first-order valence-electron chi connectivity index (χ1n) is 11.6. The van der Waals surface area contributed by atoms with Gasteiger partial charge in [-0.1, -0.05) is 29.3 Å².